The van der Waals surface area contributed by atoms with E-state index in [-0.39, 0.29) is 18.0 Å². The molecule has 7 heteroatoms. The van der Waals surface area contributed by atoms with Gasteiger partial charge in [0.05, 0.1) is 0 Å². The molecule has 1 amide bonds. The number of benzene rings is 1. The number of aromatic nitrogens is 1. The quantitative estimate of drug-likeness (QED) is 0.429. The molecule has 0 spiro atoms. The summed E-state index contributed by atoms with van der Waals surface area (Å²) >= 11 is 0. The monoisotopic (exact) mass is 506 g/mol. The topological polar surface area (TPSA) is 97.5 Å². The molecular weight excluding hydrogens is 464 g/mol. The Hall–Kier alpha value is -3.08. The number of pyridine rings is 1. The van der Waals surface area contributed by atoms with Gasteiger partial charge in [-0.1, -0.05) is 11.8 Å². The molecular formula is C30H42N4O3. The third kappa shape index (κ3) is 7.24. The van der Waals surface area contributed by atoms with Crippen molar-refractivity contribution in [1.29, 1.82) is 0 Å². The van der Waals surface area contributed by atoms with Crippen LogP contribution in [0.4, 0.5) is 5.69 Å². The Bertz CT molecular complexity index is 1240. The van der Waals surface area contributed by atoms with E-state index in [0.717, 1.165) is 54.7 Å². The fraction of sp³-hybridized carbons (Fsp3) is 0.533. The Morgan fingerprint density at radius 1 is 1.16 bits per heavy atom. The Labute approximate surface area is 221 Å². The number of anilines is 1. The number of aryl methyl sites for hydroxylation is 2. The lowest BCUT2D eigenvalue weighted by atomic mass is 9.89. The van der Waals surface area contributed by atoms with Crippen molar-refractivity contribution in [3.8, 4) is 11.8 Å². The molecule has 0 saturated heterocycles. The number of nitrogens with one attached hydrogen (secondary N) is 3. The summed E-state index contributed by atoms with van der Waals surface area (Å²) in [5, 5.41) is 16.5. The van der Waals surface area contributed by atoms with E-state index in [2.05, 4.69) is 39.3 Å². The number of hydrogen-bond donors (Lipinski definition) is 4. The number of nitrogens with zero attached hydrogens (tertiary/aromatic N) is 1. The van der Waals surface area contributed by atoms with Gasteiger partial charge in [0.15, 0.2) is 0 Å². The second kappa shape index (κ2) is 12.0. The number of amides is 1. The number of aromatic amines is 1. The van der Waals surface area contributed by atoms with Crippen LogP contribution in [-0.2, 0) is 6.54 Å². The highest BCUT2D eigenvalue weighted by molar-refractivity contribution is 5.97. The molecule has 1 saturated carbocycles. The SMILES string of the molecule is CCN(c1cc(C#CC(C)(C)O)cc(C(=O)NCc2c(C)cc(C)[nH]c2=O)c1C)C1CCC(NC)CC1. The number of aliphatic hydroxyl groups is 1. The smallest absolute Gasteiger partial charge is 0.253 e. The zero-order chi connectivity index (χ0) is 27.3. The van der Waals surface area contributed by atoms with Gasteiger partial charge in [-0.15, -0.1) is 0 Å². The van der Waals surface area contributed by atoms with Gasteiger partial charge in [-0.2, -0.15) is 0 Å². The van der Waals surface area contributed by atoms with Crippen molar-refractivity contribution >= 4 is 11.6 Å². The first kappa shape index (κ1) is 28.5. The predicted molar refractivity (Wildman–Crippen MR) is 150 cm³/mol. The maximum atomic E-state index is 13.5. The fourth-order valence-electron chi connectivity index (χ4n) is 5.20. The van der Waals surface area contributed by atoms with Crippen molar-refractivity contribution in [3.05, 3.63) is 62.1 Å². The molecule has 3 rings (SSSR count). The summed E-state index contributed by atoms with van der Waals surface area (Å²) in [7, 11) is 2.02. The van der Waals surface area contributed by atoms with Crippen LogP contribution in [0.3, 0.4) is 0 Å². The van der Waals surface area contributed by atoms with Gasteiger partial charge in [-0.05, 0) is 104 Å². The minimum absolute atomic E-state index is 0.139. The van der Waals surface area contributed by atoms with Crippen LogP contribution in [0.15, 0.2) is 23.0 Å². The third-order valence-corrected chi connectivity index (χ3v) is 7.25. The molecule has 1 aromatic heterocycles. The number of hydrogen-bond acceptors (Lipinski definition) is 5. The molecule has 1 aliphatic carbocycles. The molecule has 1 heterocycles. The number of rotatable bonds is 7. The second-order valence-corrected chi connectivity index (χ2v) is 10.7. The number of carbonyl (C=O) groups is 1. The van der Waals surface area contributed by atoms with Crippen LogP contribution in [0, 0.1) is 32.6 Å². The maximum Gasteiger partial charge on any atom is 0.253 e. The minimum atomic E-state index is -1.15. The average Bonchev–Trinajstić information content (AvgIpc) is 2.83. The standard InChI is InChI=1S/C30H42N4O3/c1-8-34(24-11-9-23(31-7)10-12-24)27-17-22(13-14-30(5,6)37)16-25(21(27)4)28(35)32-18-26-19(2)15-20(3)33-29(26)36/h15-17,23-24,31,37H,8-12,18H2,1-7H3,(H,32,35)(H,33,36). The molecule has 2 aromatic rings. The highest BCUT2D eigenvalue weighted by atomic mass is 16.3. The zero-order valence-electron chi connectivity index (χ0n) is 23.3. The molecule has 0 aliphatic heterocycles. The summed E-state index contributed by atoms with van der Waals surface area (Å²) in [6.45, 7) is 12.1. The normalized spacial score (nSPS) is 17.6. The molecule has 1 aromatic carbocycles. The van der Waals surface area contributed by atoms with Gasteiger partial charge in [0.2, 0.25) is 0 Å². The van der Waals surface area contributed by atoms with Crippen molar-refractivity contribution in [1.82, 2.24) is 15.6 Å². The molecule has 4 N–H and O–H groups in total. The summed E-state index contributed by atoms with van der Waals surface area (Å²) in [6.07, 6.45) is 4.39. The van der Waals surface area contributed by atoms with E-state index in [1.807, 2.05) is 40.0 Å². The van der Waals surface area contributed by atoms with Gasteiger partial charge >= 0.3 is 0 Å². The van der Waals surface area contributed by atoms with Crippen molar-refractivity contribution < 1.29 is 9.90 Å². The van der Waals surface area contributed by atoms with Crippen molar-refractivity contribution in [3.63, 3.8) is 0 Å². The van der Waals surface area contributed by atoms with E-state index in [1.165, 1.54) is 0 Å². The summed E-state index contributed by atoms with van der Waals surface area (Å²) < 4.78 is 0. The lowest BCUT2D eigenvalue weighted by Crippen LogP contribution is -2.42. The van der Waals surface area contributed by atoms with E-state index in [1.54, 1.807) is 19.9 Å². The Morgan fingerprint density at radius 2 is 1.84 bits per heavy atom. The predicted octanol–water partition coefficient (Wildman–Crippen LogP) is 3.71. The summed E-state index contributed by atoms with van der Waals surface area (Å²) in [5.41, 5.74) is 3.94. The highest BCUT2D eigenvalue weighted by Crippen LogP contribution is 2.32. The van der Waals surface area contributed by atoms with Crippen LogP contribution < -0.4 is 21.1 Å². The summed E-state index contributed by atoms with van der Waals surface area (Å²) in [5.74, 6) is 5.70. The average molecular weight is 507 g/mol. The van der Waals surface area contributed by atoms with Gasteiger partial charge in [0.1, 0.15) is 5.60 Å². The van der Waals surface area contributed by atoms with Gasteiger partial charge in [-0.25, -0.2) is 0 Å². The summed E-state index contributed by atoms with van der Waals surface area (Å²) in [4.78, 5) is 31.1. The number of carbonyl (C=O) groups excluding carboxylic acids is 1. The zero-order valence-corrected chi connectivity index (χ0v) is 23.3. The van der Waals surface area contributed by atoms with Gasteiger partial charge < -0.3 is 25.6 Å². The highest BCUT2D eigenvalue weighted by Gasteiger charge is 2.27. The van der Waals surface area contributed by atoms with E-state index in [9.17, 15) is 14.7 Å². The molecule has 0 bridgehead atoms. The van der Waals surface area contributed by atoms with E-state index in [4.69, 9.17) is 0 Å². The van der Waals surface area contributed by atoms with Crippen LogP contribution in [0.2, 0.25) is 0 Å². The van der Waals surface area contributed by atoms with Gasteiger partial charge in [0.25, 0.3) is 11.5 Å². The van der Waals surface area contributed by atoms with Crippen molar-refractivity contribution in [2.24, 2.45) is 0 Å². The molecule has 0 atom stereocenters. The Balaban J connectivity index is 1.98. The lowest BCUT2D eigenvalue weighted by Gasteiger charge is -2.39. The van der Waals surface area contributed by atoms with E-state index >= 15 is 0 Å². The Kier molecular flexibility index (Phi) is 9.22. The molecule has 1 fully saturated rings. The third-order valence-electron chi connectivity index (χ3n) is 7.25. The molecule has 0 radical (unpaired) electrons. The Morgan fingerprint density at radius 3 is 2.41 bits per heavy atom. The molecule has 7 nitrogen and oxygen atoms in total. The van der Waals surface area contributed by atoms with Crippen LogP contribution in [0.1, 0.15) is 84.8 Å². The van der Waals surface area contributed by atoms with E-state index < -0.39 is 5.60 Å². The van der Waals surface area contributed by atoms with Crippen LogP contribution in [-0.4, -0.2) is 47.3 Å². The number of H-pyrrole nitrogens is 1. The molecule has 0 unspecified atom stereocenters. The fourth-order valence-corrected chi connectivity index (χ4v) is 5.20. The van der Waals surface area contributed by atoms with Gasteiger partial charge in [0, 0.05) is 53.2 Å². The summed E-state index contributed by atoms with van der Waals surface area (Å²) in [6, 6.07) is 6.66. The minimum Gasteiger partial charge on any atom is -0.378 e. The van der Waals surface area contributed by atoms with Crippen molar-refractivity contribution in [2.75, 3.05) is 18.5 Å². The lowest BCUT2D eigenvalue weighted by molar-refractivity contribution is 0.0950. The van der Waals surface area contributed by atoms with Crippen molar-refractivity contribution in [2.45, 2.75) is 91.5 Å². The van der Waals surface area contributed by atoms with E-state index in [0.29, 0.717) is 28.8 Å². The first-order chi connectivity index (χ1) is 17.4. The first-order valence-electron chi connectivity index (χ1n) is 13.2. The van der Waals surface area contributed by atoms with Gasteiger partial charge in [-0.3, -0.25) is 9.59 Å². The molecule has 1 aliphatic rings. The molecule has 200 valence electrons. The maximum absolute atomic E-state index is 13.5. The first-order valence-corrected chi connectivity index (χ1v) is 13.2. The van der Waals surface area contributed by atoms with Crippen LogP contribution >= 0.6 is 0 Å². The largest absolute Gasteiger partial charge is 0.378 e. The second-order valence-electron chi connectivity index (χ2n) is 10.7. The molecule has 37 heavy (non-hydrogen) atoms. The van der Waals surface area contributed by atoms with Crippen LogP contribution in [0.5, 0.6) is 0 Å². The van der Waals surface area contributed by atoms with Crippen LogP contribution in [0.25, 0.3) is 0 Å².